The molecule has 0 saturated carbocycles. The lowest BCUT2D eigenvalue weighted by Crippen LogP contribution is -2.71. The van der Waals surface area contributed by atoms with Crippen LogP contribution in [0.5, 0.6) is 0 Å². The van der Waals surface area contributed by atoms with Crippen molar-refractivity contribution in [3.05, 3.63) is 56.9 Å². The van der Waals surface area contributed by atoms with Crippen LogP contribution in [0, 0.1) is 26.4 Å². The Hall–Kier alpha value is -2.34. The van der Waals surface area contributed by atoms with E-state index < -0.39 is 46.0 Å². The molecule has 1 saturated heterocycles. The molecule has 3 rings (SSSR count). The van der Waals surface area contributed by atoms with Gasteiger partial charge in [0.25, 0.3) is 5.91 Å². The molecule has 0 aromatic heterocycles. The lowest BCUT2D eigenvalue weighted by molar-refractivity contribution is -0.186. The number of carbonyl (C=O) groups is 2. The van der Waals surface area contributed by atoms with Crippen molar-refractivity contribution in [2.45, 2.75) is 19.4 Å². The molecule has 0 atom stereocenters. The fourth-order valence-corrected chi connectivity index (χ4v) is 3.52. The van der Waals surface area contributed by atoms with Crippen molar-refractivity contribution >= 4 is 45.8 Å². The zero-order valence-corrected chi connectivity index (χ0v) is 18.1. The molecule has 0 spiro atoms. The summed E-state index contributed by atoms with van der Waals surface area (Å²) in [6.45, 7) is 2.06. The number of nitrogens with zero attached hydrogens (tertiary/aromatic N) is 1. The molecule has 1 aliphatic rings. The first-order valence-corrected chi connectivity index (χ1v) is 9.90. The standard InChI is InChI=1S/C20H18F3IN2O4/c1-19(2,18(28)29)20(30)8-26(9-20)17(27)11-4-5-12(21)15(23)16(11)25-14-6-3-10(24)7-13(14)22/h3-7,25,30H,8-9H2,1-2H3,(H,28,29). The minimum absolute atomic E-state index is 0.152. The van der Waals surface area contributed by atoms with E-state index in [0.29, 0.717) is 3.57 Å². The first kappa shape index (κ1) is 22.3. The monoisotopic (exact) mass is 534 g/mol. The Balaban J connectivity index is 1.91. The number of carboxylic acid groups (broad SMARTS) is 1. The van der Waals surface area contributed by atoms with Gasteiger partial charge in [-0.25, -0.2) is 13.2 Å². The third-order valence-corrected chi connectivity index (χ3v) is 6.08. The van der Waals surface area contributed by atoms with Crippen molar-refractivity contribution in [1.29, 1.82) is 0 Å². The molecule has 30 heavy (non-hydrogen) atoms. The van der Waals surface area contributed by atoms with Gasteiger partial charge in [-0.2, -0.15) is 0 Å². The van der Waals surface area contributed by atoms with E-state index in [-0.39, 0.29) is 24.3 Å². The summed E-state index contributed by atoms with van der Waals surface area (Å²) in [4.78, 5) is 25.4. The summed E-state index contributed by atoms with van der Waals surface area (Å²) in [5, 5.41) is 22.3. The van der Waals surface area contributed by atoms with Crippen LogP contribution >= 0.6 is 22.6 Å². The van der Waals surface area contributed by atoms with Gasteiger partial charge in [-0.3, -0.25) is 9.59 Å². The molecular weight excluding hydrogens is 516 g/mol. The van der Waals surface area contributed by atoms with E-state index >= 15 is 0 Å². The maximum atomic E-state index is 14.5. The molecule has 10 heteroatoms. The molecule has 0 aliphatic carbocycles. The number of hydrogen-bond acceptors (Lipinski definition) is 4. The van der Waals surface area contributed by atoms with Crippen LogP contribution in [0.4, 0.5) is 24.5 Å². The van der Waals surface area contributed by atoms with E-state index in [9.17, 15) is 33.0 Å². The number of rotatable bonds is 5. The number of β-amino-alcohol motifs (C(OH)–C–C–N with tert-alkyl or cyclic N) is 1. The number of carboxylic acids is 1. The number of aliphatic hydroxyl groups is 1. The van der Waals surface area contributed by atoms with Gasteiger partial charge in [-0.1, -0.05) is 0 Å². The smallest absolute Gasteiger partial charge is 0.312 e. The molecule has 0 radical (unpaired) electrons. The van der Waals surface area contributed by atoms with Gasteiger partial charge in [0.2, 0.25) is 0 Å². The maximum Gasteiger partial charge on any atom is 0.312 e. The largest absolute Gasteiger partial charge is 0.481 e. The highest BCUT2D eigenvalue weighted by Gasteiger charge is 2.57. The van der Waals surface area contributed by atoms with Crippen LogP contribution < -0.4 is 5.32 Å². The highest BCUT2D eigenvalue weighted by atomic mass is 127. The molecule has 1 fully saturated rings. The Morgan fingerprint density at radius 2 is 1.77 bits per heavy atom. The van der Waals surface area contributed by atoms with E-state index in [1.54, 1.807) is 6.07 Å². The number of carbonyl (C=O) groups excluding carboxylic acids is 1. The van der Waals surface area contributed by atoms with Gasteiger partial charge in [-0.15, -0.1) is 0 Å². The summed E-state index contributed by atoms with van der Waals surface area (Å²) in [5.74, 6) is -5.30. The number of halogens is 4. The van der Waals surface area contributed by atoms with Crippen molar-refractivity contribution < 1.29 is 33.0 Å². The first-order chi connectivity index (χ1) is 13.9. The Bertz CT molecular complexity index is 1040. The van der Waals surface area contributed by atoms with E-state index in [4.69, 9.17) is 0 Å². The van der Waals surface area contributed by atoms with Crippen molar-refractivity contribution in [2.75, 3.05) is 18.4 Å². The van der Waals surface area contributed by atoms with Crippen molar-refractivity contribution in [3.63, 3.8) is 0 Å². The van der Waals surface area contributed by atoms with Crippen LogP contribution in [0.15, 0.2) is 30.3 Å². The molecule has 3 N–H and O–H groups in total. The van der Waals surface area contributed by atoms with Crippen molar-refractivity contribution in [1.82, 2.24) is 4.90 Å². The summed E-state index contributed by atoms with van der Waals surface area (Å²) >= 11 is 1.89. The van der Waals surface area contributed by atoms with E-state index in [1.807, 2.05) is 22.6 Å². The van der Waals surface area contributed by atoms with Crippen LogP contribution in [-0.4, -0.2) is 45.7 Å². The molecule has 0 bridgehead atoms. The molecule has 1 heterocycles. The number of likely N-dealkylation sites (tertiary alicyclic amines) is 1. The minimum atomic E-state index is -1.68. The highest BCUT2D eigenvalue weighted by molar-refractivity contribution is 14.1. The summed E-state index contributed by atoms with van der Waals surface area (Å²) in [7, 11) is 0. The third kappa shape index (κ3) is 3.73. The normalized spacial score (nSPS) is 15.5. The second-order valence-electron chi connectivity index (χ2n) is 7.66. The van der Waals surface area contributed by atoms with Crippen LogP contribution in [0.3, 0.4) is 0 Å². The van der Waals surface area contributed by atoms with Crippen LogP contribution in [-0.2, 0) is 4.79 Å². The minimum Gasteiger partial charge on any atom is -0.481 e. The number of benzene rings is 2. The van der Waals surface area contributed by atoms with E-state index in [2.05, 4.69) is 5.32 Å². The van der Waals surface area contributed by atoms with Crippen molar-refractivity contribution in [2.24, 2.45) is 5.41 Å². The quantitative estimate of drug-likeness (QED) is 0.509. The zero-order valence-electron chi connectivity index (χ0n) is 16.0. The summed E-state index contributed by atoms with van der Waals surface area (Å²) in [6, 6.07) is 5.88. The van der Waals surface area contributed by atoms with Gasteiger partial charge in [0.15, 0.2) is 11.6 Å². The van der Waals surface area contributed by atoms with E-state index in [1.165, 1.54) is 26.0 Å². The van der Waals surface area contributed by atoms with Crippen molar-refractivity contribution in [3.8, 4) is 0 Å². The van der Waals surface area contributed by atoms with Gasteiger partial charge in [0.1, 0.15) is 11.4 Å². The molecule has 1 aliphatic heterocycles. The molecular formula is C20H18F3IN2O4. The molecule has 6 nitrogen and oxygen atoms in total. The average Bonchev–Trinajstić information content (AvgIpc) is 2.64. The SMILES string of the molecule is CC(C)(C(=O)O)C1(O)CN(C(=O)c2ccc(F)c(F)c2Nc2ccc(I)cc2F)C1. The second-order valence-corrected chi connectivity index (χ2v) is 8.90. The number of aliphatic carboxylic acids is 1. The summed E-state index contributed by atoms with van der Waals surface area (Å²) in [5.41, 5.74) is -4.18. The lowest BCUT2D eigenvalue weighted by atomic mass is 9.70. The number of amides is 1. The Morgan fingerprint density at radius 3 is 2.33 bits per heavy atom. The van der Waals surface area contributed by atoms with Gasteiger partial charge in [0, 0.05) is 3.57 Å². The fourth-order valence-electron chi connectivity index (χ4n) is 3.07. The number of anilines is 2. The molecule has 0 unspecified atom stereocenters. The second kappa shape index (κ2) is 7.73. The Morgan fingerprint density at radius 1 is 1.13 bits per heavy atom. The maximum absolute atomic E-state index is 14.5. The number of nitrogens with one attached hydrogen (secondary N) is 1. The third-order valence-electron chi connectivity index (χ3n) is 5.41. The predicted molar refractivity (Wildman–Crippen MR) is 111 cm³/mol. The first-order valence-electron chi connectivity index (χ1n) is 8.82. The Kier molecular flexibility index (Phi) is 5.76. The zero-order chi connectivity index (χ0) is 22.4. The summed E-state index contributed by atoms with van der Waals surface area (Å²) < 4.78 is 43.1. The molecule has 1 amide bonds. The molecule has 2 aromatic carbocycles. The lowest BCUT2D eigenvalue weighted by Gasteiger charge is -2.52. The van der Waals surface area contributed by atoms with Gasteiger partial charge in [-0.05, 0) is 66.8 Å². The van der Waals surface area contributed by atoms with Gasteiger partial charge < -0.3 is 20.4 Å². The van der Waals surface area contributed by atoms with Gasteiger partial charge in [0.05, 0.1) is 35.4 Å². The predicted octanol–water partition coefficient (Wildman–Crippen LogP) is 3.75. The summed E-state index contributed by atoms with van der Waals surface area (Å²) in [6.07, 6.45) is 0. The topological polar surface area (TPSA) is 89.9 Å². The van der Waals surface area contributed by atoms with Crippen LogP contribution in [0.1, 0.15) is 24.2 Å². The van der Waals surface area contributed by atoms with Crippen LogP contribution in [0.25, 0.3) is 0 Å². The van der Waals surface area contributed by atoms with Gasteiger partial charge >= 0.3 is 5.97 Å². The van der Waals surface area contributed by atoms with E-state index in [0.717, 1.165) is 17.0 Å². The number of hydrogen-bond donors (Lipinski definition) is 3. The molecule has 2 aromatic rings. The highest BCUT2D eigenvalue weighted by Crippen LogP contribution is 2.40. The average molecular weight is 534 g/mol. The molecule has 160 valence electrons. The van der Waals surface area contributed by atoms with Crippen LogP contribution in [0.2, 0.25) is 0 Å². The fraction of sp³-hybridized carbons (Fsp3) is 0.300. The Labute approximate surface area is 183 Å².